The third-order valence-corrected chi connectivity index (χ3v) is 4.20. The molecule has 0 spiro atoms. The molecule has 1 aliphatic heterocycles. The third kappa shape index (κ3) is 7.57. The Balaban J connectivity index is 0.00000338. The minimum Gasteiger partial charge on any atom is -0.486 e. The van der Waals surface area contributed by atoms with Crippen LogP contribution in [-0.4, -0.2) is 62.8 Å². The Kier molecular flexibility index (Phi) is 11.4. The number of guanidine groups is 1. The highest BCUT2D eigenvalue weighted by Gasteiger charge is 2.20. The predicted molar refractivity (Wildman–Crippen MR) is 118 cm³/mol. The number of ether oxygens (including phenoxy) is 2. The Morgan fingerprint density at radius 1 is 1.15 bits per heavy atom. The van der Waals surface area contributed by atoms with Crippen LogP contribution >= 0.6 is 24.0 Å². The zero-order valence-corrected chi connectivity index (χ0v) is 18.5. The number of benzene rings is 1. The second-order valence-electron chi connectivity index (χ2n) is 6.02. The largest absolute Gasteiger partial charge is 0.486 e. The number of fused-ring (bicyclic) bond motifs is 1. The van der Waals surface area contributed by atoms with E-state index in [0.717, 1.165) is 56.6 Å². The minimum absolute atomic E-state index is 0. The summed E-state index contributed by atoms with van der Waals surface area (Å²) in [6.07, 6.45) is 1.05. The molecule has 0 fully saturated rings. The van der Waals surface area contributed by atoms with E-state index < -0.39 is 0 Å². The van der Waals surface area contributed by atoms with E-state index in [1.165, 1.54) is 0 Å². The first-order chi connectivity index (χ1) is 12.3. The Labute approximate surface area is 174 Å². The van der Waals surface area contributed by atoms with Gasteiger partial charge in [-0.1, -0.05) is 26.0 Å². The number of hydrogen-bond donors (Lipinski definition) is 2. The molecule has 1 aromatic rings. The molecule has 1 aliphatic rings. The average Bonchev–Trinajstić information content (AvgIpc) is 2.66. The van der Waals surface area contributed by atoms with Crippen LogP contribution < -0.4 is 20.1 Å². The molecule has 0 bridgehead atoms. The molecule has 6 nitrogen and oxygen atoms in total. The van der Waals surface area contributed by atoms with Gasteiger partial charge in [-0.25, -0.2) is 4.99 Å². The molecule has 0 saturated heterocycles. The first-order valence-corrected chi connectivity index (χ1v) is 9.39. The smallest absolute Gasteiger partial charge is 0.191 e. The molecule has 2 N–H and O–H groups in total. The summed E-state index contributed by atoms with van der Waals surface area (Å²) in [5, 5.41) is 6.69. The Bertz CT molecular complexity index is 538. The van der Waals surface area contributed by atoms with Gasteiger partial charge >= 0.3 is 0 Å². The van der Waals surface area contributed by atoms with Crippen LogP contribution in [0.4, 0.5) is 0 Å². The molecule has 148 valence electrons. The fourth-order valence-corrected chi connectivity index (χ4v) is 2.74. The monoisotopic (exact) mass is 476 g/mol. The maximum Gasteiger partial charge on any atom is 0.191 e. The number of nitrogens with zero attached hydrogens (tertiary/aromatic N) is 2. The highest BCUT2D eigenvalue weighted by atomic mass is 127. The van der Waals surface area contributed by atoms with Gasteiger partial charge in [0.1, 0.15) is 6.61 Å². The van der Waals surface area contributed by atoms with Crippen molar-refractivity contribution in [1.82, 2.24) is 15.5 Å². The molecule has 26 heavy (non-hydrogen) atoms. The summed E-state index contributed by atoms with van der Waals surface area (Å²) in [7, 11) is 0. The van der Waals surface area contributed by atoms with Gasteiger partial charge in [0.15, 0.2) is 23.6 Å². The van der Waals surface area contributed by atoms with Crippen LogP contribution in [0.15, 0.2) is 29.3 Å². The van der Waals surface area contributed by atoms with E-state index in [9.17, 15) is 0 Å². The SMILES string of the molecule is CCNC(=NCC1COc2ccccc2O1)NCCCN(CC)CC.I. The maximum absolute atomic E-state index is 5.95. The summed E-state index contributed by atoms with van der Waals surface area (Å²) in [5.74, 6) is 2.44. The number of halogens is 1. The van der Waals surface area contributed by atoms with Gasteiger partial charge in [0.2, 0.25) is 0 Å². The normalized spacial score (nSPS) is 16.2. The van der Waals surface area contributed by atoms with Crippen LogP contribution in [0.25, 0.3) is 0 Å². The fourth-order valence-electron chi connectivity index (χ4n) is 2.74. The first kappa shape index (κ1) is 22.8. The van der Waals surface area contributed by atoms with Crippen molar-refractivity contribution < 1.29 is 9.47 Å². The van der Waals surface area contributed by atoms with Crippen molar-refractivity contribution in [2.75, 3.05) is 45.9 Å². The van der Waals surface area contributed by atoms with Crippen LogP contribution in [-0.2, 0) is 0 Å². The van der Waals surface area contributed by atoms with E-state index in [4.69, 9.17) is 9.47 Å². The molecular weight excluding hydrogens is 443 g/mol. The summed E-state index contributed by atoms with van der Waals surface area (Å²) < 4.78 is 11.7. The van der Waals surface area contributed by atoms with E-state index in [2.05, 4.69) is 41.3 Å². The van der Waals surface area contributed by atoms with E-state index in [1.807, 2.05) is 24.3 Å². The number of aliphatic imine (C=N–C) groups is 1. The molecule has 0 radical (unpaired) electrons. The van der Waals surface area contributed by atoms with Crippen LogP contribution in [0.1, 0.15) is 27.2 Å². The summed E-state index contributed by atoms with van der Waals surface area (Å²) >= 11 is 0. The summed E-state index contributed by atoms with van der Waals surface area (Å²) in [6, 6.07) is 7.76. The van der Waals surface area contributed by atoms with Crippen LogP contribution in [0.2, 0.25) is 0 Å². The summed E-state index contributed by atoms with van der Waals surface area (Å²) in [4.78, 5) is 7.07. The average molecular weight is 476 g/mol. The summed E-state index contributed by atoms with van der Waals surface area (Å²) in [6.45, 7) is 12.6. The zero-order valence-electron chi connectivity index (χ0n) is 16.2. The van der Waals surface area contributed by atoms with Crippen molar-refractivity contribution in [2.45, 2.75) is 33.3 Å². The lowest BCUT2D eigenvalue weighted by molar-refractivity contribution is 0.0971. The van der Waals surface area contributed by atoms with Crippen molar-refractivity contribution in [2.24, 2.45) is 4.99 Å². The fraction of sp³-hybridized carbons (Fsp3) is 0.632. The molecule has 0 aliphatic carbocycles. The molecule has 1 aromatic carbocycles. The first-order valence-electron chi connectivity index (χ1n) is 9.39. The van der Waals surface area contributed by atoms with Crippen molar-refractivity contribution in [3.05, 3.63) is 24.3 Å². The predicted octanol–water partition coefficient (Wildman–Crippen LogP) is 2.73. The molecule has 1 heterocycles. The van der Waals surface area contributed by atoms with Crippen molar-refractivity contribution in [3.63, 3.8) is 0 Å². The van der Waals surface area contributed by atoms with E-state index >= 15 is 0 Å². The third-order valence-electron chi connectivity index (χ3n) is 4.20. The quantitative estimate of drug-likeness (QED) is 0.249. The van der Waals surface area contributed by atoms with Gasteiger partial charge in [-0.2, -0.15) is 0 Å². The number of rotatable bonds is 9. The lowest BCUT2D eigenvalue weighted by Gasteiger charge is -2.25. The second-order valence-corrected chi connectivity index (χ2v) is 6.02. The zero-order chi connectivity index (χ0) is 17.9. The van der Waals surface area contributed by atoms with Gasteiger partial charge in [-0.05, 0) is 45.1 Å². The molecule has 0 amide bonds. The molecule has 2 rings (SSSR count). The molecule has 7 heteroatoms. The summed E-state index contributed by atoms with van der Waals surface area (Å²) in [5.41, 5.74) is 0. The molecule has 0 saturated carbocycles. The van der Waals surface area contributed by atoms with E-state index in [-0.39, 0.29) is 30.1 Å². The Morgan fingerprint density at radius 3 is 2.58 bits per heavy atom. The van der Waals surface area contributed by atoms with E-state index in [0.29, 0.717) is 13.2 Å². The lowest BCUT2D eigenvalue weighted by atomic mass is 10.2. The van der Waals surface area contributed by atoms with Crippen molar-refractivity contribution in [1.29, 1.82) is 0 Å². The highest BCUT2D eigenvalue weighted by Crippen LogP contribution is 2.30. The van der Waals surface area contributed by atoms with E-state index in [1.54, 1.807) is 0 Å². The van der Waals surface area contributed by atoms with Gasteiger partial charge in [0.05, 0.1) is 6.54 Å². The van der Waals surface area contributed by atoms with Crippen molar-refractivity contribution >= 4 is 29.9 Å². The standard InChI is InChI=1S/C19H32N4O2.HI/c1-4-20-19(21-12-9-13-23(5-2)6-3)22-14-16-15-24-17-10-7-8-11-18(17)25-16;/h7-8,10-11,16H,4-6,9,12-15H2,1-3H3,(H2,20,21,22);1H. The van der Waals surface area contributed by atoms with Gasteiger partial charge in [-0.15, -0.1) is 24.0 Å². The molecular formula is C19H33IN4O2. The van der Waals surface area contributed by atoms with Crippen molar-refractivity contribution in [3.8, 4) is 11.5 Å². The Hall–Kier alpha value is -1.22. The van der Waals surface area contributed by atoms with Crippen LogP contribution in [0.3, 0.4) is 0 Å². The second kappa shape index (κ2) is 13.0. The highest BCUT2D eigenvalue weighted by molar-refractivity contribution is 14.0. The number of nitrogens with one attached hydrogen (secondary N) is 2. The van der Waals surface area contributed by atoms with Gasteiger partial charge in [-0.3, -0.25) is 0 Å². The van der Waals surface area contributed by atoms with Gasteiger partial charge in [0.25, 0.3) is 0 Å². The van der Waals surface area contributed by atoms with Gasteiger partial charge in [0, 0.05) is 13.1 Å². The van der Waals surface area contributed by atoms with Crippen LogP contribution in [0, 0.1) is 0 Å². The Morgan fingerprint density at radius 2 is 1.88 bits per heavy atom. The van der Waals surface area contributed by atoms with Gasteiger partial charge < -0.3 is 25.0 Å². The lowest BCUT2D eigenvalue weighted by Crippen LogP contribution is -2.40. The molecule has 1 atom stereocenters. The topological polar surface area (TPSA) is 58.1 Å². The molecule has 0 aromatic heterocycles. The number of hydrogen-bond acceptors (Lipinski definition) is 4. The van der Waals surface area contributed by atoms with Crippen LogP contribution in [0.5, 0.6) is 11.5 Å². The minimum atomic E-state index is -0.0546. The number of para-hydroxylation sites is 2. The maximum atomic E-state index is 5.95. The molecule has 1 unspecified atom stereocenters.